The topological polar surface area (TPSA) is 75.3 Å². The maximum Gasteiger partial charge on any atom is 0.251 e. The summed E-state index contributed by atoms with van der Waals surface area (Å²) in [4.78, 5) is 12.7. The third kappa shape index (κ3) is 3.77. The third-order valence-electron chi connectivity index (χ3n) is 5.54. The number of amides is 1. The molecule has 0 spiro atoms. The molecule has 142 valence electrons. The summed E-state index contributed by atoms with van der Waals surface area (Å²) in [6.45, 7) is 2.22. The average Bonchev–Trinajstić information content (AvgIpc) is 3.37. The zero-order chi connectivity index (χ0) is 18.9. The zero-order valence-corrected chi connectivity index (χ0v) is 16.0. The Bertz CT molecular complexity index is 946. The van der Waals surface area contributed by atoms with Crippen LogP contribution in [-0.2, 0) is 29.5 Å². The lowest BCUT2D eigenvalue weighted by atomic mass is 10.1. The van der Waals surface area contributed by atoms with E-state index in [9.17, 15) is 13.2 Å². The van der Waals surface area contributed by atoms with E-state index in [0.29, 0.717) is 17.0 Å². The number of carbonyl (C=O) groups excluding carboxylic acids is 1. The fourth-order valence-electron chi connectivity index (χ4n) is 3.93. The monoisotopic (exact) mass is 384 g/mol. The van der Waals surface area contributed by atoms with Gasteiger partial charge < -0.3 is 10.6 Å². The smallest absolute Gasteiger partial charge is 0.251 e. The molecule has 1 saturated carbocycles. The highest BCUT2D eigenvalue weighted by Crippen LogP contribution is 2.29. The Kier molecular flexibility index (Phi) is 5.02. The van der Waals surface area contributed by atoms with Crippen molar-refractivity contribution in [2.45, 2.75) is 55.5 Å². The molecule has 0 aromatic heterocycles. The highest BCUT2D eigenvalue weighted by Gasteiger charge is 2.30. The molecule has 1 aliphatic carbocycles. The summed E-state index contributed by atoms with van der Waals surface area (Å²) < 4.78 is 25.2. The quantitative estimate of drug-likeness (QED) is 0.831. The summed E-state index contributed by atoms with van der Waals surface area (Å²) in [5.74, 6) is -0.196. The minimum atomic E-state index is -3.28. The number of nitrogens with one attached hydrogen (secondary N) is 2. The molecule has 2 aromatic rings. The molecule has 27 heavy (non-hydrogen) atoms. The van der Waals surface area contributed by atoms with Crippen LogP contribution in [0.4, 0.5) is 0 Å². The van der Waals surface area contributed by atoms with Crippen molar-refractivity contribution >= 4 is 15.7 Å². The zero-order valence-electron chi connectivity index (χ0n) is 15.2. The van der Waals surface area contributed by atoms with Gasteiger partial charge in [-0.05, 0) is 53.8 Å². The third-order valence-corrected chi connectivity index (χ3v) is 7.82. The molecule has 0 unspecified atom stereocenters. The van der Waals surface area contributed by atoms with Crippen molar-refractivity contribution in [3.8, 4) is 0 Å². The van der Waals surface area contributed by atoms with Gasteiger partial charge >= 0.3 is 0 Å². The van der Waals surface area contributed by atoms with E-state index in [4.69, 9.17) is 0 Å². The molecule has 2 N–H and O–H groups in total. The molecule has 1 heterocycles. The summed E-state index contributed by atoms with van der Waals surface area (Å²) in [7, 11) is -3.28. The van der Waals surface area contributed by atoms with Crippen molar-refractivity contribution in [1.82, 2.24) is 10.6 Å². The Balaban J connectivity index is 1.40. The molecular weight excluding hydrogens is 360 g/mol. The molecule has 5 nitrogen and oxygen atoms in total. The molecule has 1 aliphatic heterocycles. The van der Waals surface area contributed by atoms with E-state index >= 15 is 0 Å². The van der Waals surface area contributed by atoms with Crippen LogP contribution in [0.2, 0.25) is 0 Å². The number of rotatable bonds is 5. The summed E-state index contributed by atoms with van der Waals surface area (Å²) in [6, 6.07) is 12.6. The van der Waals surface area contributed by atoms with Gasteiger partial charge in [-0.15, -0.1) is 0 Å². The Morgan fingerprint density at radius 1 is 1.00 bits per heavy atom. The van der Waals surface area contributed by atoms with Gasteiger partial charge in [0.05, 0.1) is 10.1 Å². The predicted molar refractivity (Wildman–Crippen MR) is 104 cm³/mol. The minimum Gasteiger partial charge on any atom is -0.348 e. The number of carbonyl (C=O) groups is 1. The van der Waals surface area contributed by atoms with Crippen LogP contribution in [0.1, 0.15) is 52.7 Å². The van der Waals surface area contributed by atoms with Crippen LogP contribution in [0.15, 0.2) is 47.4 Å². The summed E-state index contributed by atoms with van der Waals surface area (Å²) in [5, 5.41) is 5.95. The van der Waals surface area contributed by atoms with Gasteiger partial charge in [0.1, 0.15) is 0 Å². The molecule has 2 aliphatic rings. The Hall–Kier alpha value is -2.18. The van der Waals surface area contributed by atoms with E-state index in [0.717, 1.165) is 44.3 Å². The van der Waals surface area contributed by atoms with Gasteiger partial charge in [0.25, 0.3) is 5.91 Å². The van der Waals surface area contributed by atoms with E-state index in [1.807, 2.05) is 6.07 Å². The highest BCUT2D eigenvalue weighted by molar-refractivity contribution is 7.92. The SMILES string of the molecule is O=C(NCc1ccc2c(c1)CNC2)c1ccc(S(=O)(=O)C2CCCC2)cc1. The van der Waals surface area contributed by atoms with E-state index in [1.54, 1.807) is 24.3 Å². The lowest BCUT2D eigenvalue weighted by molar-refractivity contribution is 0.0951. The molecule has 6 heteroatoms. The minimum absolute atomic E-state index is 0.196. The molecule has 0 atom stereocenters. The van der Waals surface area contributed by atoms with Crippen LogP contribution < -0.4 is 10.6 Å². The molecule has 0 saturated heterocycles. The van der Waals surface area contributed by atoms with Gasteiger partial charge in [-0.1, -0.05) is 31.0 Å². The van der Waals surface area contributed by atoms with Crippen LogP contribution in [0.25, 0.3) is 0 Å². The number of benzene rings is 2. The normalized spacial score (nSPS) is 17.0. The van der Waals surface area contributed by atoms with Gasteiger partial charge in [-0.25, -0.2) is 8.42 Å². The fourth-order valence-corrected chi connectivity index (χ4v) is 5.78. The number of fused-ring (bicyclic) bond motifs is 1. The molecule has 1 fully saturated rings. The second-order valence-electron chi connectivity index (χ2n) is 7.37. The highest BCUT2D eigenvalue weighted by atomic mass is 32.2. The Labute approximate surface area is 160 Å². The molecular formula is C21H24N2O3S. The number of hydrogen-bond acceptors (Lipinski definition) is 4. The van der Waals surface area contributed by atoms with Crippen LogP contribution in [0.3, 0.4) is 0 Å². The average molecular weight is 385 g/mol. The number of sulfone groups is 1. The molecule has 4 rings (SSSR count). The Morgan fingerprint density at radius 3 is 2.44 bits per heavy atom. The van der Waals surface area contributed by atoms with Gasteiger partial charge in [0.2, 0.25) is 0 Å². The van der Waals surface area contributed by atoms with Crippen molar-refractivity contribution in [3.05, 3.63) is 64.7 Å². The second-order valence-corrected chi connectivity index (χ2v) is 9.59. The first kappa shape index (κ1) is 18.2. The van der Waals surface area contributed by atoms with Gasteiger partial charge in [-0.2, -0.15) is 0 Å². The largest absolute Gasteiger partial charge is 0.348 e. The first-order chi connectivity index (χ1) is 13.0. The van der Waals surface area contributed by atoms with Crippen molar-refractivity contribution in [2.24, 2.45) is 0 Å². The first-order valence-corrected chi connectivity index (χ1v) is 11.0. The van der Waals surface area contributed by atoms with Gasteiger partial charge in [0.15, 0.2) is 9.84 Å². The lowest BCUT2D eigenvalue weighted by Gasteiger charge is -2.12. The van der Waals surface area contributed by atoms with Crippen LogP contribution in [-0.4, -0.2) is 19.6 Å². The van der Waals surface area contributed by atoms with Crippen molar-refractivity contribution < 1.29 is 13.2 Å². The van der Waals surface area contributed by atoms with Gasteiger partial charge in [-0.3, -0.25) is 4.79 Å². The molecule has 0 bridgehead atoms. The van der Waals surface area contributed by atoms with Gasteiger partial charge in [0, 0.05) is 25.2 Å². The second kappa shape index (κ2) is 7.44. The molecule has 1 amide bonds. The van der Waals surface area contributed by atoms with Crippen LogP contribution >= 0.6 is 0 Å². The van der Waals surface area contributed by atoms with E-state index in [-0.39, 0.29) is 11.2 Å². The van der Waals surface area contributed by atoms with E-state index in [1.165, 1.54) is 11.1 Å². The van der Waals surface area contributed by atoms with Crippen molar-refractivity contribution in [2.75, 3.05) is 0 Å². The predicted octanol–water partition coefficient (Wildman–Crippen LogP) is 2.94. The van der Waals surface area contributed by atoms with Crippen LogP contribution in [0, 0.1) is 0 Å². The molecule has 0 radical (unpaired) electrons. The maximum atomic E-state index is 12.6. The Morgan fingerprint density at radius 2 is 1.70 bits per heavy atom. The summed E-state index contributed by atoms with van der Waals surface area (Å²) in [5.41, 5.74) is 4.13. The van der Waals surface area contributed by atoms with Crippen LogP contribution in [0.5, 0.6) is 0 Å². The summed E-state index contributed by atoms with van der Waals surface area (Å²) >= 11 is 0. The number of hydrogen-bond donors (Lipinski definition) is 2. The maximum absolute atomic E-state index is 12.6. The fraction of sp³-hybridized carbons (Fsp3) is 0.381. The van der Waals surface area contributed by atoms with Crippen molar-refractivity contribution in [1.29, 1.82) is 0 Å². The van der Waals surface area contributed by atoms with E-state index in [2.05, 4.69) is 22.8 Å². The lowest BCUT2D eigenvalue weighted by Crippen LogP contribution is -2.23. The first-order valence-electron chi connectivity index (χ1n) is 9.47. The van der Waals surface area contributed by atoms with Crippen molar-refractivity contribution in [3.63, 3.8) is 0 Å². The van der Waals surface area contributed by atoms with E-state index < -0.39 is 9.84 Å². The summed E-state index contributed by atoms with van der Waals surface area (Å²) in [6.07, 6.45) is 3.42. The standard InChI is InChI=1S/C21H24N2O3S/c24-21(23-12-15-5-6-17-13-22-14-18(17)11-15)16-7-9-20(10-8-16)27(25,26)19-3-1-2-4-19/h5-11,19,22H,1-4,12-14H2,(H,23,24). The molecule has 2 aromatic carbocycles.